The molecule has 2 atom stereocenters. The van der Waals surface area contributed by atoms with Crippen LogP contribution >= 0.6 is 0 Å². The van der Waals surface area contributed by atoms with Crippen molar-refractivity contribution in [1.82, 2.24) is 10.2 Å². The zero-order valence-corrected chi connectivity index (χ0v) is 8.05. The van der Waals surface area contributed by atoms with Crippen molar-refractivity contribution in [3.63, 3.8) is 0 Å². The molecular formula is C10H20N2. The highest BCUT2D eigenvalue weighted by Crippen LogP contribution is 2.23. The molecule has 2 heterocycles. The normalized spacial score (nSPS) is 38.8. The van der Waals surface area contributed by atoms with E-state index in [-0.39, 0.29) is 0 Å². The molecular weight excluding hydrogens is 148 g/mol. The summed E-state index contributed by atoms with van der Waals surface area (Å²) in [5.74, 6) is 0.854. The van der Waals surface area contributed by atoms with Crippen LogP contribution in [0.15, 0.2) is 0 Å². The maximum absolute atomic E-state index is 3.51. The van der Waals surface area contributed by atoms with Gasteiger partial charge in [-0.05, 0) is 31.8 Å². The Morgan fingerprint density at radius 1 is 1.25 bits per heavy atom. The average molecular weight is 168 g/mol. The van der Waals surface area contributed by atoms with Crippen LogP contribution in [0.1, 0.15) is 26.2 Å². The predicted molar refractivity (Wildman–Crippen MR) is 51.2 cm³/mol. The first kappa shape index (κ1) is 8.52. The minimum absolute atomic E-state index is 0.854. The fraction of sp³-hybridized carbons (Fsp3) is 1.00. The van der Waals surface area contributed by atoms with Crippen molar-refractivity contribution < 1.29 is 0 Å². The maximum atomic E-state index is 3.51. The Bertz CT molecular complexity index is 147. The summed E-state index contributed by atoms with van der Waals surface area (Å²) in [6.45, 7) is 7.43. The smallest absolute Gasteiger partial charge is 0.0133 e. The SMILES string of the molecule is CC1CNCCN2CCCCC12. The minimum Gasteiger partial charge on any atom is -0.315 e. The van der Waals surface area contributed by atoms with E-state index in [4.69, 9.17) is 0 Å². The van der Waals surface area contributed by atoms with Gasteiger partial charge in [-0.25, -0.2) is 0 Å². The lowest BCUT2D eigenvalue weighted by molar-refractivity contribution is 0.125. The monoisotopic (exact) mass is 168 g/mol. The molecule has 0 radical (unpaired) electrons. The third-order valence-corrected chi connectivity index (χ3v) is 3.36. The van der Waals surface area contributed by atoms with Gasteiger partial charge in [0.1, 0.15) is 0 Å². The van der Waals surface area contributed by atoms with Crippen molar-refractivity contribution in [2.24, 2.45) is 5.92 Å². The largest absolute Gasteiger partial charge is 0.315 e. The van der Waals surface area contributed by atoms with Gasteiger partial charge in [0.05, 0.1) is 0 Å². The van der Waals surface area contributed by atoms with E-state index >= 15 is 0 Å². The maximum Gasteiger partial charge on any atom is 0.0133 e. The summed E-state index contributed by atoms with van der Waals surface area (Å²) in [4.78, 5) is 2.69. The van der Waals surface area contributed by atoms with Gasteiger partial charge in [0.2, 0.25) is 0 Å². The van der Waals surface area contributed by atoms with Crippen LogP contribution in [0.3, 0.4) is 0 Å². The van der Waals surface area contributed by atoms with E-state index in [1.165, 1.54) is 45.4 Å². The minimum atomic E-state index is 0.854. The molecule has 12 heavy (non-hydrogen) atoms. The number of piperidine rings is 1. The van der Waals surface area contributed by atoms with Gasteiger partial charge in [-0.3, -0.25) is 4.90 Å². The lowest BCUT2D eigenvalue weighted by atomic mass is 9.92. The van der Waals surface area contributed by atoms with Crippen molar-refractivity contribution in [2.75, 3.05) is 26.2 Å². The van der Waals surface area contributed by atoms with Gasteiger partial charge in [0.15, 0.2) is 0 Å². The number of hydrogen-bond acceptors (Lipinski definition) is 2. The van der Waals surface area contributed by atoms with Crippen molar-refractivity contribution in [2.45, 2.75) is 32.2 Å². The molecule has 2 fully saturated rings. The van der Waals surface area contributed by atoms with Crippen LogP contribution in [0.5, 0.6) is 0 Å². The topological polar surface area (TPSA) is 15.3 Å². The van der Waals surface area contributed by atoms with Crippen LogP contribution in [0.25, 0.3) is 0 Å². The lowest BCUT2D eigenvalue weighted by Crippen LogP contribution is -2.43. The fourth-order valence-electron chi connectivity index (χ4n) is 2.63. The predicted octanol–water partition coefficient (Wildman–Crippen LogP) is 1.08. The van der Waals surface area contributed by atoms with Crippen molar-refractivity contribution in [3.8, 4) is 0 Å². The molecule has 0 aromatic carbocycles. The highest BCUT2D eigenvalue weighted by molar-refractivity contribution is 4.84. The van der Waals surface area contributed by atoms with Gasteiger partial charge in [-0.1, -0.05) is 13.3 Å². The molecule has 0 aromatic rings. The second-order valence-electron chi connectivity index (χ2n) is 4.28. The number of nitrogens with one attached hydrogen (secondary N) is 1. The van der Waals surface area contributed by atoms with E-state index in [1.807, 2.05) is 0 Å². The molecule has 0 aliphatic carbocycles. The van der Waals surface area contributed by atoms with Crippen LogP contribution in [-0.2, 0) is 0 Å². The summed E-state index contributed by atoms with van der Waals surface area (Å²) >= 11 is 0. The summed E-state index contributed by atoms with van der Waals surface area (Å²) in [6.07, 6.45) is 4.30. The Balaban J connectivity index is 2.01. The molecule has 2 unspecified atom stereocenters. The van der Waals surface area contributed by atoms with Gasteiger partial charge in [0, 0.05) is 19.1 Å². The van der Waals surface area contributed by atoms with Gasteiger partial charge in [-0.2, -0.15) is 0 Å². The highest BCUT2D eigenvalue weighted by atomic mass is 15.2. The average Bonchev–Trinajstić information content (AvgIpc) is 2.29. The van der Waals surface area contributed by atoms with Crippen LogP contribution in [0.4, 0.5) is 0 Å². The summed E-state index contributed by atoms with van der Waals surface area (Å²) < 4.78 is 0. The van der Waals surface area contributed by atoms with Crippen LogP contribution in [0.2, 0.25) is 0 Å². The Labute approximate surface area is 75.3 Å². The highest BCUT2D eigenvalue weighted by Gasteiger charge is 2.28. The van der Waals surface area contributed by atoms with Gasteiger partial charge in [0.25, 0.3) is 0 Å². The van der Waals surface area contributed by atoms with E-state index in [9.17, 15) is 0 Å². The second-order valence-corrected chi connectivity index (χ2v) is 4.28. The number of hydrogen-bond donors (Lipinski definition) is 1. The molecule has 2 nitrogen and oxygen atoms in total. The Hall–Kier alpha value is -0.0800. The molecule has 2 rings (SSSR count). The Morgan fingerprint density at radius 3 is 3.08 bits per heavy atom. The number of nitrogens with zero attached hydrogens (tertiary/aromatic N) is 1. The molecule has 0 saturated carbocycles. The van der Waals surface area contributed by atoms with Gasteiger partial charge < -0.3 is 5.32 Å². The van der Waals surface area contributed by atoms with Crippen molar-refractivity contribution in [1.29, 1.82) is 0 Å². The molecule has 2 heteroatoms. The molecule has 70 valence electrons. The third-order valence-electron chi connectivity index (χ3n) is 3.36. The quantitative estimate of drug-likeness (QED) is 0.582. The molecule has 0 amide bonds. The molecule has 0 bridgehead atoms. The van der Waals surface area contributed by atoms with Crippen molar-refractivity contribution >= 4 is 0 Å². The zero-order valence-electron chi connectivity index (χ0n) is 8.05. The van der Waals surface area contributed by atoms with Crippen LogP contribution in [0, 0.1) is 5.92 Å². The van der Waals surface area contributed by atoms with Gasteiger partial charge >= 0.3 is 0 Å². The Kier molecular flexibility index (Phi) is 2.66. The number of fused-ring (bicyclic) bond motifs is 1. The van der Waals surface area contributed by atoms with Gasteiger partial charge in [-0.15, -0.1) is 0 Å². The first-order valence-electron chi connectivity index (χ1n) is 5.32. The first-order valence-corrected chi connectivity index (χ1v) is 5.32. The molecule has 1 N–H and O–H groups in total. The molecule has 0 spiro atoms. The summed E-state index contributed by atoms with van der Waals surface area (Å²) in [7, 11) is 0. The lowest BCUT2D eigenvalue weighted by Gasteiger charge is -2.36. The Morgan fingerprint density at radius 2 is 2.17 bits per heavy atom. The van der Waals surface area contributed by atoms with E-state index in [0.29, 0.717) is 0 Å². The summed E-state index contributed by atoms with van der Waals surface area (Å²) in [5.41, 5.74) is 0. The fourth-order valence-corrected chi connectivity index (χ4v) is 2.63. The molecule has 2 aliphatic heterocycles. The number of rotatable bonds is 0. The first-order chi connectivity index (χ1) is 5.88. The standard InChI is InChI=1S/C10H20N2/c1-9-8-11-5-7-12-6-3-2-4-10(9)12/h9-11H,2-8H2,1H3. The summed E-state index contributed by atoms with van der Waals surface area (Å²) in [5, 5.41) is 3.51. The second kappa shape index (κ2) is 3.75. The van der Waals surface area contributed by atoms with Crippen LogP contribution < -0.4 is 5.32 Å². The summed E-state index contributed by atoms with van der Waals surface area (Å²) in [6, 6.07) is 0.883. The van der Waals surface area contributed by atoms with E-state index in [2.05, 4.69) is 17.1 Å². The zero-order chi connectivity index (χ0) is 8.39. The third kappa shape index (κ3) is 1.64. The van der Waals surface area contributed by atoms with E-state index < -0.39 is 0 Å². The molecule has 2 aliphatic rings. The van der Waals surface area contributed by atoms with Crippen LogP contribution in [-0.4, -0.2) is 37.1 Å². The van der Waals surface area contributed by atoms with Crippen molar-refractivity contribution in [3.05, 3.63) is 0 Å². The van der Waals surface area contributed by atoms with E-state index in [0.717, 1.165) is 12.0 Å². The molecule has 2 saturated heterocycles. The van der Waals surface area contributed by atoms with E-state index in [1.54, 1.807) is 0 Å². The molecule has 0 aromatic heterocycles.